The summed E-state index contributed by atoms with van der Waals surface area (Å²) in [7, 11) is 3.01. The van der Waals surface area contributed by atoms with Crippen LogP contribution in [0, 0.1) is 6.92 Å². The van der Waals surface area contributed by atoms with E-state index >= 15 is 0 Å². The number of methoxy groups -OCH3 is 2. The second kappa shape index (κ2) is 13.5. The zero-order valence-corrected chi connectivity index (χ0v) is 23.7. The number of carbonyl (C=O) groups is 3. The van der Waals surface area contributed by atoms with Crippen molar-refractivity contribution in [1.82, 2.24) is 15.4 Å². The molecule has 11 nitrogen and oxygen atoms in total. The Balaban J connectivity index is 1.95. The standard InChI is InChI=1S/C28H40N4O7/c1-7-28(3,4)30-27(35)25(20-11-8-12-21(36-5)26(20)37-6)32(17-19-10-9-15-38-19)24(34)14-13-23(33)29-22-16-18(2)39-31-22/h8,11-12,16,19,25H,7,9-10,13-15,17H2,1-6H3,(H,30,35)(H,29,31,33)/t19-,25+/m0/s1. The lowest BCUT2D eigenvalue weighted by atomic mass is 9.97. The molecule has 11 heteroatoms. The van der Waals surface area contributed by atoms with Crippen molar-refractivity contribution in [2.75, 3.05) is 32.7 Å². The lowest BCUT2D eigenvalue weighted by Gasteiger charge is -2.36. The molecule has 2 N–H and O–H groups in total. The molecule has 3 amide bonds. The minimum Gasteiger partial charge on any atom is -0.493 e. The molecule has 0 bridgehead atoms. The number of anilines is 1. The van der Waals surface area contributed by atoms with Crippen molar-refractivity contribution >= 4 is 23.5 Å². The highest BCUT2D eigenvalue weighted by atomic mass is 16.5. The van der Waals surface area contributed by atoms with Gasteiger partial charge in [-0.05, 0) is 46.1 Å². The molecular formula is C28H40N4O7. The maximum atomic E-state index is 13.9. The summed E-state index contributed by atoms with van der Waals surface area (Å²) in [6.45, 7) is 8.32. The maximum Gasteiger partial charge on any atom is 0.248 e. The molecule has 1 saturated heterocycles. The van der Waals surface area contributed by atoms with E-state index < -0.39 is 11.6 Å². The van der Waals surface area contributed by atoms with E-state index in [0.717, 1.165) is 12.8 Å². The minimum atomic E-state index is -1.04. The molecule has 39 heavy (non-hydrogen) atoms. The monoisotopic (exact) mass is 544 g/mol. The summed E-state index contributed by atoms with van der Waals surface area (Å²) >= 11 is 0. The Morgan fingerprint density at radius 3 is 2.56 bits per heavy atom. The molecule has 1 aliphatic heterocycles. The maximum absolute atomic E-state index is 13.9. The summed E-state index contributed by atoms with van der Waals surface area (Å²) in [6, 6.07) is 5.78. The van der Waals surface area contributed by atoms with Crippen molar-refractivity contribution in [3.8, 4) is 11.5 Å². The van der Waals surface area contributed by atoms with Crippen molar-refractivity contribution in [2.45, 2.75) is 77.5 Å². The molecule has 0 spiro atoms. The molecule has 0 aliphatic carbocycles. The molecule has 1 aliphatic rings. The van der Waals surface area contributed by atoms with Gasteiger partial charge in [-0.2, -0.15) is 0 Å². The first-order valence-corrected chi connectivity index (χ1v) is 13.3. The Morgan fingerprint density at radius 2 is 1.97 bits per heavy atom. The number of hydrogen-bond donors (Lipinski definition) is 2. The van der Waals surface area contributed by atoms with Gasteiger partial charge in [-0.25, -0.2) is 0 Å². The van der Waals surface area contributed by atoms with E-state index in [0.29, 0.717) is 35.9 Å². The van der Waals surface area contributed by atoms with E-state index in [1.807, 2.05) is 20.8 Å². The topological polar surface area (TPSA) is 132 Å². The van der Waals surface area contributed by atoms with E-state index in [1.165, 1.54) is 19.1 Å². The minimum absolute atomic E-state index is 0.100. The van der Waals surface area contributed by atoms with Gasteiger partial charge in [-0.3, -0.25) is 14.4 Å². The van der Waals surface area contributed by atoms with Crippen LogP contribution in [0.1, 0.15) is 70.2 Å². The van der Waals surface area contributed by atoms with Crippen LogP contribution in [0.15, 0.2) is 28.8 Å². The first-order valence-electron chi connectivity index (χ1n) is 13.3. The number of para-hydroxylation sites is 1. The third-order valence-electron chi connectivity index (χ3n) is 6.84. The predicted octanol–water partition coefficient (Wildman–Crippen LogP) is 3.77. The Kier molecular flexibility index (Phi) is 10.3. The zero-order chi connectivity index (χ0) is 28.6. The van der Waals surface area contributed by atoms with Crippen LogP contribution >= 0.6 is 0 Å². The first-order chi connectivity index (χ1) is 18.6. The second-order valence-corrected chi connectivity index (χ2v) is 10.3. The van der Waals surface area contributed by atoms with Gasteiger partial charge < -0.3 is 34.3 Å². The van der Waals surface area contributed by atoms with Gasteiger partial charge in [0.05, 0.1) is 20.3 Å². The normalized spacial score (nSPS) is 15.9. The number of nitrogens with one attached hydrogen (secondary N) is 2. The van der Waals surface area contributed by atoms with Crippen LogP contribution in [0.2, 0.25) is 0 Å². The Labute approximate surface area is 229 Å². The highest BCUT2D eigenvalue weighted by Gasteiger charge is 2.38. The molecule has 0 saturated carbocycles. The molecular weight excluding hydrogens is 504 g/mol. The van der Waals surface area contributed by atoms with Crippen LogP contribution in [0.4, 0.5) is 5.82 Å². The van der Waals surface area contributed by atoms with Gasteiger partial charge in [0.25, 0.3) is 0 Å². The van der Waals surface area contributed by atoms with Crippen LogP contribution in [0.5, 0.6) is 11.5 Å². The summed E-state index contributed by atoms with van der Waals surface area (Å²) in [6.07, 6.45) is 1.86. The average Bonchev–Trinajstić information content (AvgIpc) is 3.57. The molecule has 2 atom stereocenters. The number of rotatable bonds is 13. The first kappa shape index (κ1) is 29.9. The van der Waals surface area contributed by atoms with Gasteiger partial charge in [-0.1, -0.05) is 24.2 Å². The van der Waals surface area contributed by atoms with Crippen LogP contribution in [-0.4, -0.2) is 66.8 Å². The van der Waals surface area contributed by atoms with Gasteiger partial charge in [0, 0.05) is 43.2 Å². The van der Waals surface area contributed by atoms with Crippen LogP contribution in [0.3, 0.4) is 0 Å². The molecule has 1 aromatic carbocycles. The highest BCUT2D eigenvalue weighted by molar-refractivity contribution is 5.94. The fraction of sp³-hybridized carbons (Fsp3) is 0.571. The quantitative estimate of drug-likeness (QED) is 0.389. The number of carbonyl (C=O) groups excluding carboxylic acids is 3. The predicted molar refractivity (Wildman–Crippen MR) is 145 cm³/mol. The van der Waals surface area contributed by atoms with E-state index in [4.69, 9.17) is 18.7 Å². The lowest BCUT2D eigenvalue weighted by molar-refractivity contribution is -0.144. The highest BCUT2D eigenvalue weighted by Crippen LogP contribution is 2.38. The average molecular weight is 545 g/mol. The molecule has 2 aromatic rings. The Bertz CT molecular complexity index is 1140. The fourth-order valence-corrected chi connectivity index (χ4v) is 4.42. The van der Waals surface area contributed by atoms with E-state index in [2.05, 4.69) is 15.8 Å². The summed E-state index contributed by atoms with van der Waals surface area (Å²) < 4.78 is 22.0. The Morgan fingerprint density at radius 1 is 1.21 bits per heavy atom. The molecule has 1 aromatic heterocycles. The number of ether oxygens (including phenoxy) is 3. The molecule has 3 rings (SSSR count). The number of aromatic nitrogens is 1. The van der Waals surface area contributed by atoms with Gasteiger partial charge in [0.1, 0.15) is 11.8 Å². The van der Waals surface area contributed by atoms with Crippen molar-refractivity contribution in [1.29, 1.82) is 0 Å². The van der Waals surface area contributed by atoms with E-state index in [9.17, 15) is 14.4 Å². The van der Waals surface area contributed by atoms with Crippen LogP contribution < -0.4 is 20.1 Å². The number of benzene rings is 1. The summed E-state index contributed by atoms with van der Waals surface area (Å²) in [4.78, 5) is 41.8. The summed E-state index contributed by atoms with van der Waals surface area (Å²) in [5.41, 5.74) is -0.0366. The van der Waals surface area contributed by atoms with Gasteiger partial charge in [0.15, 0.2) is 17.3 Å². The van der Waals surface area contributed by atoms with Crippen molar-refractivity contribution < 1.29 is 33.1 Å². The fourth-order valence-electron chi connectivity index (χ4n) is 4.42. The van der Waals surface area contributed by atoms with E-state index in [1.54, 1.807) is 31.2 Å². The van der Waals surface area contributed by atoms with Gasteiger partial charge in [0.2, 0.25) is 17.7 Å². The molecule has 0 radical (unpaired) electrons. The molecule has 214 valence electrons. The molecule has 0 unspecified atom stereocenters. The zero-order valence-electron chi connectivity index (χ0n) is 23.7. The smallest absolute Gasteiger partial charge is 0.248 e. The van der Waals surface area contributed by atoms with E-state index in [-0.39, 0.29) is 49.0 Å². The summed E-state index contributed by atoms with van der Waals surface area (Å²) in [5, 5.41) is 9.47. The van der Waals surface area contributed by atoms with Crippen LogP contribution in [0.25, 0.3) is 0 Å². The lowest BCUT2D eigenvalue weighted by Crippen LogP contribution is -2.51. The van der Waals surface area contributed by atoms with Crippen molar-refractivity contribution in [3.63, 3.8) is 0 Å². The number of nitrogens with zero attached hydrogens (tertiary/aromatic N) is 2. The van der Waals surface area contributed by atoms with Crippen molar-refractivity contribution in [3.05, 3.63) is 35.6 Å². The second-order valence-electron chi connectivity index (χ2n) is 10.3. The number of amides is 3. The number of aryl methyl sites for hydroxylation is 1. The summed E-state index contributed by atoms with van der Waals surface area (Å²) in [5.74, 6) is 0.522. The SMILES string of the molecule is CCC(C)(C)NC(=O)[C@@H](c1cccc(OC)c1OC)N(C[C@@H]1CCCO1)C(=O)CCC(=O)Nc1cc(C)on1. The molecule has 1 fully saturated rings. The number of hydrogen-bond acceptors (Lipinski definition) is 8. The third kappa shape index (κ3) is 7.95. The van der Waals surface area contributed by atoms with Crippen molar-refractivity contribution in [2.24, 2.45) is 0 Å². The Hall–Kier alpha value is -3.60. The largest absolute Gasteiger partial charge is 0.493 e. The molecule has 2 heterocycles. The van der Waals surface area contributed by atoms with Crippen LogP contribution in [-0.2, 0) is 19.1 Å². The van der Waals surface area contributed by atoms with Gasteiger partial charge in [-0.15, -0.1) is 0 Å². The third-order valence-corrected chi connectivity index (χ3v) is 6.84. The van der Waals surface area contributed by atoms with Gasteiger partial charge >= 0.3 is 0 Å².